The Kier molecular flexibility index (Phi) is 6.04. The minimum Gasteiger partial charge on any atom is -0.465 e. The monoisotopic (exact) mass is 418 g/mol. The molecule has 2 aromatic rings. The van der Waals surface area contributed by atoms with Gasteiger partial charge < -0.3 is 20.4 Å². The van der Waals surface area contributed by atoms with Crippen molar-refractivity contribution < 1.29 is 24.2 Å². The van der Waals surface area contributed by atoms with Crippen molar-refractivity contribution in [1.82, 2.24) is 20.5 Å². The Morgan fingerprint density at radius 3 is 2.59 bits per heavy atom. The number of amides is 2. The van der Waals surface area contributed by atoms with Gasteiger partial charge in [-0.1, -0.05) is 18.2 Å². The molecule has 0 spiro atoms. The molecule has 1 fully saturated rings. The molecule has 0 radical (unpaired) electrons. The molecule has 2 atom stereocenters. The summed E-state index contributed by atoms with van der Waals surface area (Å²) >= 11 is 5.28. The van der Waals surface area contributed by atoms with Crippen molar-refractivity contribution in [1.29, 1.82) is 0 Å². The normalized spacial score (nSPS) is 20.9. The molecule has 2 heterocycles. The van der Waals surface area contributed by atoms with Gasteiger partial charge in [-0.05, 0) is 36.5 Å². The van der Waals surface area contributed by atoms with E-state index in [1.165, 1.54) is 12.1 Å². The van der Waals surface area contributed by atoms with Crippen molar-refractivity contribution >= 4 is 29.3 Å². The maximum atomic E-state index is 13.4. The van der Waals surface area contributed by atoms with Crippen LogP contribution in [0.3, 0.4) is 0 Å². The topological polar surface area (TPSA) is 115 Å². The molecule has 0 bridgehead atoms. The maximum absolute atomic E-state index is 13.4. The molecule has 2 unspecified atom stereocenters. The zero-order chi connectivity index (χ0) is 21.0. The van der Waals surface area contributed by atoms with Gasteiger partial charge >= 0.3 is 6.09 Å². The molecule has 1 aromatic heterocycles. The summed E-state index contributed by atoms with van der Waals surface area (Å²) < 4.78 is 13.4. The van der Waals surface area contributed by atoms with Crippen molar-refractivity contribution in [2.75, 3.05) is 19.7 Å². The molecule has 1 saturated heterocycles. The highest BCUT2D eigenvalue weighted by molar-refractivity contribution is 7.80. The highest BCUT2D eigenvalue weighted by Crippen LogP contribution is 2.36. The number of aliphatic hydroxyl groups is 1. The lowest BCUT2D eigenvalue weighted by molar-refractivity contribution is 0.0974. The van der Waals surface area contributed by atoms with Crippen LogP contribution >= 0.6 is 12.2 Å². The molecule has 8 nitrogen and oxygen atoms in total. The summed E-state index contributed by atoms with van der Waals surface area (Å²) in [5, 5.41) is 24.8. The Balaban J connectivity index is 1.89. The number of carbonyl (C=O) groups is 2. The van der Waals surface area contributed by atoms with Gasteiger partial charge in [-0.15, -0.1) is 0 Å². The molecule has 152 valence electrons. The molecule has 4 N–H and O–H groups in total. The van der Waals surface area contributed by atoms with Crippen molar-refractivity contribution in [3.05, 3.63) is 65.7 Å². The standard InChI is InChI=1S/C19H19FN4O4S/c20-14-6-7-15(21-8-14)19(11-24(18(27)28)9-13(19)10-25)23-17(29)22-16(26)12-4-2-1-3-5-12/h1-8,13,25H,9-11H2,(H,27,28)(H2,22,23,26,29). The molecule has 0 saturated carbocycles. The number of pyridine rings is 1. The van der Waals surface area contributed by atoms with Gasteiger partial charge in [0.15, 0.2) is 5.11 Å². The Morgan fingerprint density at radius 2 is 2.00 bits per heavy atom. The summed E-state index contributed by atoms with van der Waals surface area (Å²) in [4.78, 5) is 29.1. The van der Waals surface area contributed by atoms with Crippen LogP contribution in [0.4, 0.5) is 9.18 Å². The smallest absolute Gasteiger partial charge is 0.407 e. The molecule has 2 amide bonds. The minimum absolute atomic E-state index is 0.0210. The van der Waals surface area contributed by atoms with Gasteiger partial charge in [-0.25, -0.2) is 9.18 Å². The number of rotatable bonds is 4. The Labute approximate surface area is 171 Å². The van der Waals surface area contributed by atoms with E-state index < -0.39 is 29.3 Å². The second-order valence-corrected chi connectivity index (χ2v) is 7.06. The quantitative estimate of drug-likeness (QED) is 0.554. The first-order chi connectivity index (χ1) is 13.9. The average Bonchev–Trinajstić information content (AvgIpc) is 3.08. The summed E-state index contributed by atoms with van der Waals surface area (Å²) in [6, 6.07) is 11.0. The van der Waals surface area contributed by atoms with Crippen LogP contribution in [0, 0.1) is 11.7 Å². The zero-order valence-corrected chi connectivity index (χ0v) is 16.0. The number of benzene rings is 1. The number of carbonyl (C=O) groups excluding carboxylic acids is 1. The minimum atomic E-state index is -1.23. The molecule has 1 aromatic carbocycles. The Morgan fingerprint density at radius 1 is 1.28 bits per heavy atom. The summed E-state index contributed by atoms with van der Waals surface area (Å²) in [5.41, 5.74) is -0.539. The van der Waals surface area contributed by atoms with Crippen molar-refractivity contribution in [3.8, 4) is 0 Å². The van der Waals surface area contributed by atoms with Crippen molar-refractivity contribution in [3.63, 3.8) is 0 Å². The molecule has 3 rings (SSSR count). The van der Waals surface area contributed by atoms with E-state index in [9.17, 15) is 24.2 Å². The molecule has 1 aliphatic rings. The number of carboxylic acid groups (broad SMARTS) is 1. The van der Waals surface area contributed by atoms with Gasteiger partial charge in [0.2, 0.25) is 0 Å². The lowest BCUT2D eigenvalue weighted by Crippen LogP contribution is -2.56. The predicted molar refractivity (Wildman–Crippen MR) is 106 cm³/mol. The zero-order valence-electron chi connectivity index (χ0n) is 15.2. The van der Waals surface area contributed by atoms with Gasteiger partial charge in [0.25, 0.3) is 5.91 Å². The largest absolute Gasteiger partial charge is 0.465 e. The van der Waals surface area contributed by atoms with Crippen LogP contribution < -0.4 is 10.6 Å². The summed E-state index contributed by atoms with van der Waals surface area (Å²) in [6.07, 6.45) is -0.171. The number of thiocarbonyl (C=S) groups is 1. The van der Waals surface area contributed by atoms with Crippen LogP contribution in [0.5, 0.6) is 0 Å². The van der Waals surface area contributed by atoms with E-state index in [0.717, 1.165) is 11.1 Å². The van der Waals surface area contributed by atoms with Crippen LogP contribution in [0.1, 0.15) is 16.1 Å². The van der Waals surface area contributed by atoms with E-state index in [2.05, 4.69) is 15.6 Å². The first-order valence-electron chi connectivity index (χ1n) is 8.75. The van der Waals surface area contributed by atoms with Gasteiger partial charge in [-0.2, -0.15) is 0 Å². The van der Waals surface area contributed by atoms with Crippen LogP contribution in [0.25, 0.3) is 0 Å². The second-order valence-electron chi connectivity index (χ2n) is 6.65. The number of nitrogens with one attached hydrogen (secondary N) is 2. The molecule has 10 heteroatoms. The number of nitrogens with zero attached hydrogens (tertiary/aromatic N) is 2. The lowest BCUT2D eigenvalue weighted by Gasteiger charge is -2.35. The van der Waals surface area contributed by atoms with Crippen LogP contribution in [0.15, 0.2) is 48.7 Å². The third-order valence-electron chi connectivity index (χ3n) is 4.85. The molecule has 0 aliphatic carbocycles. The van der Waals surface area contributed by atoms with Crippen molar-refractivity contribution in [2.45, 2.75) is 5.54 Å². The van der Waals surface area contributed by atoms with Crippen LogP contribution in [-0.2, 0) is 5.54 Å². The molecule has 29 heavy (non-hydrogen) atoms. The van der Waals surface area contributed by atoms with E-state index in [4.69, 9.17) is 12.2 Å². The number of halogens is 1. The summed E-state index contributed by atoms with van der Waals surface area (Å²) in [5.74, 6) is -1.63. The molecular weight excluding hydrogens is 399 g/mol. The Bertz CT molecular complexity index is 912. The number of aromatic nitrogens is 1. The van der Waals surface area contributed by atoms with E-state index >= 15 is 0 Å². The first-order valence-corrected chi connectivity index (χ1v) is 9.16. The molecule has 1 aliphatic heterocycles. The fourth-order valence-corrected chi connectivity index (χ4v) is 3.68. The average molecular weight is 418 g/mol. The SMILES string of the molecule is O=C(NC(=S)NC1(c2ccc(F)cn2)CN(C(=O)O)CC1CO)c1ccccc1. The number of hydrogen-bond acceptors (Lipinski definition) is 5. The number of aliphatic hydroxyl groups excluding tert-OH is 1. The molecular formula is C19H19FN4O4S. The van der Waals surface area contributed by atoms with E-state index in [0.29, 0.717) is 11.3 Å². The van der Waals surface area contributed by atoms with E-state index in [1.807, 2.05) is 0 Å². The highest BCUT2D eigenvalue weighted by atomic mass is 32.1. The van der Waals surface area contributed by atoms with E-state index in [1.54, 1.807) is 30.3 Å². The maximum Gasteiger partial charge on any atom is 0.407 e. The third kappa shape index (κ3) is 4.33. The summed E-state index contributed by atoms with van der Waals surface area (Å²) in [7, 11) is 0. The highest BCUT2D eigenvalue weighted by Gasteiger charge is 2.50. The first kappa shape index (κ1) is 20.6. The summed E-state index contributed by atoms with van der Waals surface area (Å²) in [6.45, 7) is -0.439. The van der Waals surface area contributed by atoms with Gasteiger partial charge in [-0.3, -0.25) is 15.1 Å². The fraction of sp³-hybridized carbons (Fsp3) is 0.263. The van der Waals surface area contributed by atoms with Gasteiger partial charge in [0, 0.05) is 18.0 Å². The van der Waals surface area contributed by atoms with E-state index in [-0.39, 0.29) is 24.8 Å². The lowest BCUT2D eigenvalue weighted by atomic mass is 9.84. The number of likely N-dealkylation sites (tertiary alicyclic amines) is 1. The second kappa shape index (κ2) is 8.50. The van der Waals surface area contributed by atoms with Crippen LogP contribution in [-0.4, -0.2) is 56.9 Å². The predicted octanol–water partition coefficient (Wildman–Crippen LogP) is 1.32. The number of hydrogen-bond donors (Lipinski definition) is 4. The van der Waals surface area contributed by atoms with Gasteiger partial charge in [0.05, 0.1) is 25.0 Å². The Hall–Kier alpha value is -3.11. The van der Waals surface area contributed by atoms with Gasteiger partial charge in [0.1, 0.15) is 11.4 Å². The van der Waals surface area contributed by atoms with Crippen molar-refractivity contribution in [2.24, 2.45) is 5.92 Å². The van der Waals surface area contributed by atoms with Crippen LogP contribution in [0.2, 0.25) is 0 Å². The third-order valence-corrected chi connectivity index (χ3v) is 5.06. The fourth-order valence-electron chi connectivity index (χ4n) is 3.41.